The number of anilines is 2. The highest BCUT2D eigenvalue weighted by Crippen LogP contribution is 2.36. The van der Waals surface area contributed by atoms with Gasteiger partial charge in [0.25, 0.3) is 5.91 Å². The standard InChI is InChI=1S/C23H29N3O3/c1-16-7-10-19(11-8-16)25-21(27)17-9-12-20(24-14-17)26-13-5-6-18(15-26)23(2,3)22(28)29-4/h7-12,14,18H,5-6,13,15H2,1-4H3,(H,25,27). The summed E-state index contributed by atoms with van der Waals surface area (Å²) in [6.07, 6.45) is 3.58. The van der Waals surface area contributed by atoms with E-state index in [1.807, 2.05) is 51.1 Å². The molecule has 6 nitrogen and oxygen atoms in total. The van der Waals surface area contributed by atoms with Crippen molar-refractivity contribution in [2.75, 3.05) is 30.4 Å². The summed E-state index contributed by atoms with van der Waals surface area (Å²) in [7, 11) is 1.44. The van der Waals surface area contributed by atoms with Crippen LogP contribution in [0.3, 0.4) is 0 Å². The van der Waals surface area contributed by atoms with Crippen molar-refractivity contribution in [1.82, 2.24) is 4.98 Å². The van der Waals surface area contributed by atoms with Crippen molar-refractivity contribution in [3.63, 3.8) is 0 Å². The van der Waals surface area contributed by atoms with Gasteiger partial charge in [-0.2, -0.15) is 0 Å². The van der Waals surface area contributed by atoms with Gasteiger partial charge in [0.1, 0.15) is 5.82 Å². The maximum atomic E-state index is 12.5. The smallest absolute Gasteiger partial charge is 0.311 e. The second kappa shape index (κ2) is 8.64. The molecule has 3 rings (SSSR count). The van der Waals surface area contributed by atoms with Crippen LogP contribution in [0, 0.1) is 18.3 Å². The SMILES string of the molecule is COC(=O)C(C)(C)C1CCCN(c2ccc(C(=O)Nc3ccc(C)cc3)cn2)C1. The quantitative estimate of drug-likeness (QED) is 0.773. The molecule has 2 heterocycles. The van der Waals surface area contributed by atoms with Crippen LogP contribution in [0.1, 0.15) is 42.6 Å². The first kappa shape index (κ1) is 20.8. The van der Waals surface area contributed by atoms with Gasteiger partial charge in [-0.1, -0.05) is 17.7 Å². The molecule has 29 heavy (non-hydrogen) atoms. The number of rotatable bonds is 5. The average molecular weight is 396 g/mol. The summed E-state index contributed by atoms with van der Waals surface area (Å²) in [5.74, 6) is 0.647. The van der Waals surface area contributed by atoms with Crippen LogP contribution in [-0.4, -0.2) is 37.1 Å². The number of pyridine rings is 1. The van der Waals surface area contributed by atoms with Crippen LogP contribution < -0.4 is 10.2 Å². The van der Waals surface area contributed by atoms with Crippen molar-refractivity contribution in [3.8, 4) is 0 Å². The maximum absolute atomic E-state index is 12.5. The molecule has 1 N–H and O–H groups in total. The zero-order chi connectivity index (χ0) is 21.0. The van der Waals surface area contributed by atoms with E-state index in [1.165, 1.54) is 7.11 Å². The Kier molecular flexibility index (Phi) is 6.20. The molecule has 1 aromatic heterocycles. The highest BCUT2D eigenvalue weighted by atomic mass is 16.5. The lowest BCUT2D eigenvalue weighted by atomic mass is 9.74. The Morgan fingerprint density at radius 1 is 1.17 bits per heavy atom. The summed E-state index contributed by atoms with van der Waals surface area (Å²) in [5.41, 5.74) is 1.87. The summed E-state index contributed by atoms with van der Waals surface area (Å²) in [5, 5.41) is 2.89. The molecule has 154 valence electrons. The third kappa shape index (κ3) is 4.75. The number of hydrogen-bond donors (Lipinski definition) is 1. The topological polar surface area (TPSA) is 71.5 Å². The predicted molar refractivity (Wildman–Crippen MR) is 114 cm³/mol. The van der Waals surface area contributed by atoms with Gasteiger partial charge in [0.05, 0.1) is 18.1 Å². The minimum absolute atomic E-state index is 0.180. The number of carbonyl (C=O) groups excluding carboxylic acids is 2. The number of aromatic nitrogens is 1. The number of nitrogens with one attached hydrogen (secondary N) is 1. The second-order valence-electron chi connectivity index (χ2n) is 8.22. The zero-order valence-corrected chi connectivity index (χ0v) is 17.6. The summed E-state index contributed by atoms with van der Waals surface area (Å²) < 4.78 is 4.99. The minimum atomic E-state index is -0.540. The van der Waals surface area contributed by atoms with Crippen molar-refractivity contribution in [2.24, 2.45) is 11.3 Å². The van der Waals surface area contributed by atoms with E-state index in [1.54, 1.807) is 12.3 Å². The van der Waals surface area contributed by atoms with Crippen molar-refractivity contribution >= 4 is 23.4 Å². The number of nitrogens with zero attached hydrogens (tertiary/aromatic N) is 2. The van der Waals surface area contributed by atoms with Gasteiger partial charge in [0.15, 0.2) is 0 Å². The van der Waals surface area contributed by atoms with Gasteiger partial charge in [-0.3, -0.25) is 9.59 Å². The number of hydrogen-bond acceptors (Lipinski definition) is 5. The van der Waals surface area contributed by atoms with Gasteiger partial charge in [0, 0.05) is 25.0 Å². The van der Waals surface area contributed by atoms with E-state index in [4.69, 9.17) is 4.74 Å². The minimum Gasteiger partial charge on any atom is -0.469 e. The lowest BCUT2D eigenvalue weighted by Gasteiger charge is -2.40. The molecule has 1 amide bonds. The lowest BCUT2D eigenvalue weighted by Crippen LogP contribution is -2.45. The molecule has 1 aliphatic rings. The van der Waals surface area contributed by atoms with E-state index in [9.17, 15) is 9.59 Å². The van der Waals surface area contributed by atoms with Crippen LogP contribution in [0.25, 0.3) is 0 Å². The van der Waals surface area contributed by atoms with E-state index in [0.29, 0.717) is 5.56 Å². The van der Waals surface area contributed by atoms with Gasteiger partial charge < -0.3 is 15.0 Å². The first-order valence-corrected chi connectivity index (χ1v) is 9.98. The number of piperidine rings is 1. The van der Waals surface area contributed by atoms with E-state index >= 15 is 0 Å². The van der Waals surface area contributed by atoms with Gasteiger partial charge in [-0.15, -0.1) is 0 Å². The molecular weight excluding hydrogens is 366 g/mol. The second-order valence-corrected chi connectivity index (χ2v) is 8.22. The number of amides is 1. The third-order valence-electron chi connectivity index (χ3n) is 5.80. The highest BCUT2D eigenvalue weighted by Gasteiger charge is 2.40. The van der Waals surface area contributed by atoms with Gasteiger partial charge in [-0.05, 0) is 63.8 Å². The molecule has 0 spiro atoms. The summed E-state index contributed by atoms with van der Waals surface area (Å²) in [6, 6.07) is 11.3. The van der Waals surface area contributed by atoms with Gasteiger partial charge in [0.2, 0.25) is 0 Å². The Balaban J connectivity index is 1.67. The number of aryl methyl sites for hydroxylation is 1. The van der Waals surface area contributed by atoms with Crippen LogP contribution in [0.5, 0.6) is 0 Å². The number of methoxy groups -OCH3 is 1. The molecule has 1 aliphatic heterocycles. The molecule has 0 radical (unpaired) electrons. The molecule has 6 heteroatoms. The molecule has 0 bridgehead atoms. The molecule has 0 aliphatic carbocycles. The van der Waals surface area contributed by atoms with Crippen molar-refractivity contribution < 1.29 is 14.3 Å². The number of carbonyl (C=O) groups is 2. The molecule has 1 unspecified atom stereocenters. The zero-order valence-electron chi connectivity index (χ0n) is 17.6. The van der Waals surface area contributed by atoms with Gasteiger partial charge in [-0.25, -0.2) is 4.98 Å². The lowest BCUT2D eigenvalue weighted by molar-refractivity contribution is -0.154. The Labute approximate surface area is 172 Å². The monoisotopic (exact) mass is 395 g/mol. The van der Waals surface area contributed by atoms with Crippen molar-refractivity contribution in [3.05, 3.63) is 53.7 Å². The Hall–Kier alpha value is -2.89. The van der Waals surface area contributed by atoms with Crippen molar-refractivity contribution in [2.45, 2.75) is 33.6 Å². The van der Waals surface area contributed by atoms with Crippen LogP contribution >= 0.6 is 0 Å². The number of ether oxygens (including phenoxy) is 1. The Bertz CT molecular complexity index is 860. The van der Waals surface area contributed by atoms with E-state index < -0.39 is 5.41 Å². The number of benzene rings is 1. The normalized spacial score (nSPS) is 17.0. The van der Waals surface area contributed by atoms with Gasteiger partial charge >= 0.3 is 5.97 Å². The van der Waals surface area contributed by atoms with Crippen LogP contribution in [0.2, 0.25) is 0 Å². The molecule has 1 fully saturated rings. The number of esters is 1. The largest absolute Gasteiger partial charge is 0.469 e. The molecule has 0 saturated carbocycles. The highest BCUT2D eigenvalue weighted by molar-refractivity contribution is 6.04. The Morgan fingerprint density at radius 3 is 2.52 bits per heavy atom. The molecule has 1 aromatic carbocycles. The first-order chi connectivity index (χ1) is 13.8. The molecule has 1 atom stereocenters. The van der Waals surface area contributed by atoms with E-state index in [-0.39, 0.29) is 17.8 Å². The predicted octanol–water partition coefficient (Wildman–Crippen LogP) is 4.06. The van der Waals surface area contributed by atoms with Crippen LogP contribution in [0.4, 0.5) is 11.5 Å². The third-order valence-corrected chi connectivity index (χ3v) is 5.80. The summed E-state index contributed by atoms with van der Waals surface area (Å²) in [6.45, 7) is 7.52. The fourth-order valence-electron chi connectivity index (χ4n) is 3.75. The van der Waals surface area contributed by atoms with Crippen LogP contribution in [-0.2, 0) is 9.53 Å². The Morgan fingerprint density at radius 2 is 1.90 bits per heavy atom. The fourth-order valence-corrected chi connectivity index (χ4v) is 3.75. The molecular formula is C23H29N3O3. The summed E-state index contributed by atoms with van der Waals surface area (Å²) >= 11 is 0. The molecule has 2 aromatic rings. The van der Waals surface area contributed by atoms with E-state index in [2.05, 4.69) is 15.2 Å². The van der Waals surface area contributed by atoms with Crippen molar-refractivity contribution in [1.29, 1.82) is 0 Å². The van der Waals surface area contributed by atoms with E-state index in [0.717, 1.165) is 43.0 Å². The summed E-state index contributed by atoms with van der Waals surface area (Å²) in [4.78, 5) is 31.3. The fraction of sp³-hybridized carbons (Fsp3) is 0.435. The van der Waals surface area contributed by atoms with Crippen LogP contribution in [0.15, 0.2) is 42.6 Å². The average Bonchev–Trinajstić information content (AvgIpc) is 2.75. The molecule has 1 saturated heterocycles. The first-order valence-electron chi connectivity index (χ1n) is 9.98. The maximum Gasteiger partial charge on any atom is 0.311 e.